The lowest BCUT2D eigenvalue weighted by atomic mass is 10.1. The van der Waals surface area contributed by atoms with Gasteiger partial charge in [0.2, 0.25) is 0 Å². The number of benzene rings is 2. The van der Waals surface area contributed by atoms with Gasteiger partial charge in [0.05, 0.1) is 33.6 Å². The molecule has 0 unspecified atom stereocenters. The van der Waals surface area contributed by atoms with Gasteiger partial charge in [-0.05, 0) is 43.3 Å². The first-order chi connectivity index (χ1) is 16.0. The van der Waals surface area contributed by atoms with Crippen molar-refractivity contribution >= 4 is 40.9 Å². The number of carbonyl (C=O) groups is 2. The van der Waals surface area contributed by atoms with Crippen molar-refractivity contribution in [1.29, 1.82) is 0 Å². The third-order valence-corrected chi connectivity index (χ3v) is 5.31. The summed E-state index contributed by atoms with van der Waals surface area (Å²) in [5.41, 5.74) is 2.11. The van der Waals surface area contributed by atoms with Crippen LogP contribution in [0.5, 0.6) is 0 Å². The second-order valence-electron chi connectivity index (χ2n) is 6.87. The molecule has 4 aromatic rings. The van der Waals surface area contributed by atoms with Crippen LogP contribution < -0.4 is 5.32 Å². The molecule has 0 aliphatic rings. The van der Waals surface area contributed by atoms with Gasteiger partial charge in [0.25, 0.3) is 5.91 Å². The van der Waals surface area contributed by atoms with Gasteiger partial charge >= 0.3 is 5.97 Å². The predicted molar refractivity (Wildman–Crippen MR) is 127 cm³/mol. The Morgan fingerprint density at radius 1 is 1.00 bits per heavy atom. The Hall–Kier alpha value is -3.68. The van der Waals surface area contributed by atoms with Crippen molar-refractivity contribution in [3.8, 4) is 16.9 Å². The average Bonchev–Trinajstić information content (AvgIpc) is 3.24. The van der Waals surface area contributed by atoms with Gasteiger partial charge < -0.3 is 10.1 Å². The van der Waals surface area contributed by atoms with Gasteiger partial charge in [0, 0.05) is 17.8 Å². The molecule has 1 amide bonds. The molecule has 2 heterocycles. The molecule has 7 nitrogen and oxygen atoms in total. The van der Waals surface area contributed by atoms with Gasteiger partial charge in [-0.2, -0.15) is 5.10 Å². The molecular weight excluding hydrogens is 463 g/mol. The van der Waals surface area contributed by atoms with Crippen LogP contribution in [-0.2, 0) is 4.74 Å². The fraction of sp³-hybridized carbons (Fsp3) is 0.0833. The molecule has 0 saturated carbocycles. The Balaban J connectivity index is 1.71. The lowest BCUT2D eigenvalue weighted by molar-refractivity contribution is 0.0518. The number of rotatable bonds is 6. The second-order valence-corrected chi connectivity index (χ2v) is 7.68. The maximum atomic E-state index is 13.2. The molecule has 0 radical (unpaired) electrons. The van der Waals surface area contributed by atoms with Crippen LogP contribution in [0, 0.1) is 0 Å². The van der Waals surface area contributed by atoms with E-state index >= 15 is 0 Å². The molecule has 2 aromatic heterocycles. The van der Waals surface area contributed by atoms with Crippen LogP contribution in [-0.4, -0.2) is 33.2 Å². The zero-order chi connectivity index (χ0) is 23.4. The fourth-order valence-electron chi connectivity index (χ4n) is 3.17. The molecule has 0 saturated heterocycles. The van der Waals surface area contributed by atoms with Crippen LogP contribution in [0.4, 0.5) is 5.82 Å². The van der Waals surface area contributed by atoms with Crippen LogP contribution in [0.2, 0.25) is 10.0 Å². The summed E-state index contributed by atoms with van der Waals surface area (Å²) in [5.74, 6) is -0.791. The summed E-state index contributed by atoms with van der Waals surface area (Å²) in [6, 6.07) is 18.9. The Morgan fingerprint density at radius 2 is 1.79 bits per heavy atom. The van der Waals surface area contributed by atoms with Gasteiger partial charge in [0.1, 0.15) is 5.82 Å². The zero-order valence-electron chi connectivity index (χ0n) is 17.5. The van der Waals surface area contributed by atoms with Gasteiger partial charge in [-0.3, -0.25) is 9.78 Å². The van der Waals surface area contributed by atoms with Gasteiger partial charge in [-0.15, -0.1) is 0 Å². The number of pyridine rings is 1. The number of anilines is 1. The SMILES string of the molecule is CCOC(=O)c1cc(NC(=O)c2cc(-c3ncccc3Cl)ccc2Cl)n(-c2ccccc2)n1. The van der Waals surface area contributed by atoms with Gasteiger partial charge in [0.15, 0.2) is 5.69 Å². The van der Waals surface area contributed by atoms with Crippen LogP contribution in [0.25, 0.3) is 16.9 Å². The van der Waals surface area contributed by atoms with Crippen molar-refractivity contribution < 1.29 is 14.3 Å². The van der Waals surface area contributed by atoms with Crippen molar-refractivity contribution in [1.82, 2.24) is 14.8 Å². The topological polar surface area (TPSA) is 86.1 Å². The summed E-state index contributed by atoms with van der Waals surface area (Å²) in [6.07, 6.45) is 1.62. The highest BCUT2D eigenvalue weighted by Crippen LogP contribution is 2.29. The van der Waals surface area contributed by atoms with Crippen molar-refractivity contribution in [2.45, 2.75) is 6.92 Å². The normalized spacial score (nSPS) is 10.6. The minimum absolute atomic E-state index is 0.0659. The molecule has 0 bridgehead atoms. The molecule has 0 fully saturated rings. The first kappa shape index (κ1) is 22.5. The summed E-state index contributed by atoms with van der Waals surface area (Å²) >= 11 is 12.6. The molecule has 0 aliphatic carbocycles. The average molecular weight is 481 g/mol. The molecule has 0 atom stereocenters. The largest absolute Gasteiger partial charge is 0.461 e. The predicted octanol–water partition coefficient (Wildman–Crippen LogP) is 5.67. The van der Waals surface area contributed by atoms with Crippen LogP contribution in [0.1, 0.15) is 27.8 Å². The van der Waals surface area contributed by atoms with E-state index in [0.29, 0.717) is 22.0 Å². The minimum atomic E-state index is -0.590. The maximum absolute atomic E-state index is 13.2. The fourth-order valence-corrected chi connectivity index (χ4v) is 3.60. The number of carbonyl (C=O) groups excluding carboxylic acids is 2. The lowest BCUT2D eigenvalue weighted by Crippen LogP contribution is -2.15. The van der Waals surface area contributed by atoms with Crippen LogP contribution >= 0.6 is 23.2 Å². The number of ether oxygens (including phenoxy) is 1. The molecule has 0 aliphatic heterocycles. The van der Waals surface area contributed by atoms with Gasteiger partial charge in [-0.25, -0.2) is 9.48 Å². The van der Waals surface area contributed by atoms with E-state index in [9.17, 15) is 9.59 Å². The number of aromatic nitrogens is 3. The Kier molecular flexibility index (Phi) is 6.72. The summed E-state index contributed by atoms with van der Waals surface area (Å²) in [5, 5.41) is 7.81. The van der Waals surface area contributed by atoms with E-state index in [4.69, 9.17) is 27.9 Å². The van der Waals surface area contributed by atoms with E-state index in [1.165, 1.54) is 10.7 Å². The number of para-hydroxylation sites is 1. The lowest BCUT2D eigenvalue weighted by Gasteiger charge is -2.11. The zero-order valence-corrected chi connectivity index (χ0v) is 19.0. The van der Waals surface area contributed by atoms with Crippen molar-refractivity contribution in [3.05, 3.63) is 94.2 Å². The number of hydrogen-bond donors (Lipinski definition) is 1. The minimum Gasteiger partial charge on any atom is -0.461 e. The standard InChI is InChI=1S/C24H18Cl2N4O3/c1-2-33-24(32)20-14-21(30(29-20)16-7-4-3-5-8-16)28-23(31)17-13-15(10-11-18(17)25)22-19(26)9-6-12-27-22/h3-14H,2H2,1H3,(H,28,31). The van der Waals surface area contributed by atoms with E-state index in [0.717, 1.165) is 0 Å². The Bertz CT molecular complexity index is 1320. The highest BCUT2D eigenvalue weighted by molar-refractivity contribution is 6.35. The molecule has 9 heteroatoms. The van der Waals surface area contributed by atoms with E-state index in [1.54, 1.807) is 55.6 Å². The molecular formula is C24H18Cl2N4O3. The first-order valence-electron chi connectivity index (χ1n) is 10.0. The Labute approximate surface area is 199 Å². The molecule has 33 heavy (non-hydrogen) atoms. The van der Waals surface area contributed by atoms with Crippen molar-refractivity contribution in [2.24, 2.45) is 0 Å². The third kappa shape index (κ3) is 4.89. The number of halogens is 2. The van der Waals surface area contributed by atoms with Crippen LogP contribution in [0.3, 0.4) is 0 Å². The van der Waals surface area contributed by atoms with Crippen molar-refractivity contribution in [2.75, 3.05) is 11.9 Å². The number of nitrogens with zero attached hydrogens (tertiary/aromatic N) is 3. The van der Waals surface area contributed by atoms with E-state index in [1.807, 2.05) is 18.2 Å². The quantitative estimate of drug-likeness (QED) is 0.359. The highest BCUT2D eigenvalue weighted by Gasteiger charge is 2.20. The van der Waals surface area contributed by atoms with E-state index in [-0.39, 0.29) is 28.7 Å². The maximum Gasteiger partial charge on any atom is 0.358 e. The number of amides is 1. The Morgan fingerprint density at radius 3 is 2.52 bits per heavy atom. The monoisotopic (exact) mass is 480 g/mol. The number of hydrogen-bond acceptors (Lipinski definition) is 5. The summed E-state index contributed by atoms with van der Waals surface area (Å²) < 4.78 is 6.50. The molecule has 4 rings (SSSR count). The number of esters is 1. The second kappa shape index (κ2) is 9.85. The van der Waals surface area contributed by atoms with Crippen LogP contribution in [0.15, 0.2) is 72.9 Å². The first-order valence-corrected chi connectivity index (χ1v) is 10.8. The molecule has 0 spiro atoms. The highest BCUT2D eigenvalue weighted by atomic mass is 35.5. The summed E-state index contributed by atoms with van der Waals surface area (Å²) in [7, 11) is 0. The number of nitrogens with one attached hydrogen (secondary N) is 1. The molecule has 1 N–H and O–H groups in total. The molecule has 166 valence electrons. The van der Waals surface area contributed by atoms with E-state index in [2.05, 4.69) is 15.4 Å². The smallest absolute Gasteiger partial charge is 0.358 e. The summed E-state index contributed by atoms with van der Waals surface area (Å²) in [4.78, 5) is 29.7. The van der Waals surface area contributed by atoms with Crippen molar-refractivity contribution in [3.63, 3.8) is 0 Å². The third-order valence-electron chi connectivity index (χ3n) is 4.68. The molecule has 2 aromatic carbocycles. The van der Waals surface area contributed by atoms with E-state index < -0.39 is 11.9 Å². The van der Waals surface area contributed by atoms with Gasteiger partial charge in [-0.1, -0.05) is 47.5 Å². The summed E-state index contributed by atoms with van der Waals surface area (Å²) in [6.45, 7) is 1.91.